The highest BCUT2D eigenvalue weighted by molar-refractivity contribution is 6.21. The average molecular weight is 336 g/mol. The summed E-state index contributed by atoms with van der Waals surface area (Å²) in [7, 11) is 0. The van der Waals surface area contributed by atoms with Crippen molar-refractivity contribution >= 4 is 11.8 Å². The smallest absolute Gasteiger partial charge is 0.261 e. The number of pyridine rings is 1. The van der Waals surface area contributed by atoms with E-state index in [1.54, 1.807) is 30.5 Å². The lowest BCUT2D eigenvalue weighted by Gasteiger charge is -2.37. The number of nitrogens with one attached hydrogen (secondary N) is 1. The maximum Gasteiger partial charge on any atom is 0.261 e. The van der Waals surface area contributed by atoms with E-state index in [1.165, 1.54) is 4.90 Å². The van der Waals surface area contributed by atoms with Gasteiger partial charge in [-0.25, -0.2) is 0 Å². The van der Waals surface area contributed by atoms with Gasteiger partial charge in [-0.15, -0.1) is 0 Å². The highest BCUT2D eigenvalue weighted by Crippen LogP contribution is 2.24. The number of fused-ring (bicyclic) bond motifs is 1. The highest BCUT2D eigenvalue weighted by atomic mass is 16.2. The molecule has 0 aliphatic carbocycles. The minimum absolute atomic E-state index is 0.186. The SMILES string of the molecule is O=C1c2ccccc2C(=O)N1CCN1CCNCC1c1cccnc1. The molecule has 1 aromatic heterocycles. The second kappa shape index (κ2) is 6.74. The van der Waals surface area contributed by atoms with Gasteiger partial charge in [-0.2, -0.15) is 0 Å². The lowest BCUT2D eigenvalue weighted by molar-refractivity contribution is 0.0614. The normalized spacial score (nSPS) is 20.8. The maximum absolute atomic E-state index is 12.5. The Bertz CT molecular complexity index is 758. The molecule has 128 valence electrons. The van der Waals surface area contributed by atoms with Crippen LogP contribution in [0, 0.1) is 0 Å². The molecule has 1 unspecified atom stereocenters. The van der Waals surface area contributed by atoms with Crippen LogP contribution in [0.15, 0.2) is 48.8 Å². The number of piperazine rings is 1. The van der Waals surface area contributed by atoms with Gasteiger partial charge in [0.05, 0.1) is 11.1 Å². The van der Waals surface area contributed by atoms with Crippen molar-refractivity contribution in [3.8, 4) is 0 Å². The molecule has 2 aliphatic rings. The van der Waals surface area contributed by atoms with Crippen LogP contribution in [-0.4, -0.2) is 59.3 Å². The Labute approximate surface area is 146 Å². The summed E-state index contributed by atoms with van der Waals surface area (Å²) in [4.78, 5) is 32.9. The summed E-state index contributed by atoms with van der Waals surface area (Å²) in [6.07, 6.45) is 3.65. The van der Waals surface area contributed by atoms with Gasteiger partial charge in [-0.1, -0.05) is 18.2 Å². The lowest BCUT2D eigenvalue weighted by Crippen LogP contribution is -2.49. The fraction of sp³-hybridized carbons (Fsp3) is 0.316. The first-order valence-electron chi connectivity index (χ1n) is 8.55. The van der Waals surface area contributed by atoms with Gasteiger partial charge in [0.15, 0.2) is 0 Å². The third-order valence-electron chi connectivity index (χ3n) is 4.91. The van der Waals surface area contributed by atoms with Gasteiger partial charge in [0, 0.05) is 51.2 Å². The fourth-order valence-electron chi connectivity index (χ4n) is 3.59. The number of hydrogen-bond acceptors (Lipinski definition) is 5. The van der Waals surface area contributed by atoms with Gasteiger partial charge in [-0.3, -0.25) is 24.4 Å². The maximum atomic E-state index is 12.5. The topological polar surface area (TPSA) is 65.5 Å². The van der Waals surface area contributed by atoms with Crippen molar-refractivity contribution in [3.63, 3.8) is 0 Å². The van der Waals surface area contributed by atoms with Crippen molar-refractivity contribution in [1.29, 1.82) is 0 Å². The molecule has 2 aliphatic heterocycles. The number of carbonyl (C=O) groups is 2. The molecule has 25 heavy (non-hydrogen) atoms. The van der Waals surface area contributed by atoms with Crippen molar-refractivity contribution in [3.05, 3.63) is 65.5 Å². The third kappa shape index (κ3) is 2.94. The Morgan fingerprint density at radius 2 is 1.80 bits per heavy atom. The molecule has 3 heterocycles. The van der Waals surface area contributed by atoms with E-state index in [1.807, 2.05) is 12.3 Å². The number of nitrogens with zero attached hydrogens (tertiary/aromatic N) is 3. The first-order chi connectivity index (χ1) is 12.3. The molecule has 0 bridgehead atoms. The molecule has 0 saturated carbocycles. The molecule has 1 fully saturated rings. The van der Waals surface area contributed by atoms with E-state index in [0.717, 1.165) is 25.2 Å². The zero-order chi connectivity index (χ0) is 17.2. The number of amides is 2. The largest absolute Gasteiger partial charge is 0.314 e. The molecule has 2 amide bonds. The molecule has 1 N–H and O–H groups in total. The molecule has 1 saturated heterocycles. The van der Waals surface area contributed by atoms with Crippen LogP contribution in [-0.2, 0) is 0 Å². The van der Waals surface area contributed by atoms with Crippen molar-refractivity contribution in [2.24, 2.45) is 0 Å². The number of hydrogen-bond donors (Lipinski definition) is 1. The summed E-state index contributed by atoms with van der Waals surface area (Å²) in [5.41, 5.74) is 2.17. The summed E-state index contributed by atoms with van der Waals surface area (Å²) < 4.78 is 0. The second-order valence-electron chi connectivity index (χ2n) is 6.35. The quantitative estimate of drug-likeness (QED) is 0.853. The number of aromatic nitrogens is 1. The van der Waals surface area contributed by atoms with Gasteiger partial charge < -0.3 is 5.32 Å². The van der Waals surface area contributed by atoms with Gasteiger partial charge >= 0.3 is 0 Å². The second-order valence-corrected chi connectivity index (χ2v) is 6.35. The van der Waals surface area contributed by atoms with Crippen LogP contribution in [0.3, 0.4) is 0 Å². The van der Waals surface area contributed by atoms with Crippen LogP contribution in [0.25, 0.3) is 0 Å². The molecule has 2 aromatic rings. The minimum atomic E-state index is -0.186. The average Bonchev–Trinajstić information content (AvgIpc) is 2.92. The summed E-state index contributed by atoms with van der Waals surface area (Å²) >= 11 is 0. The van der Waals surface area contributed by atoms with E-state index >= 15 is 0 Å². The van der Waals surface area contributed by atoms with Gasteiger partial charge in [0.25, 0.3) is 11.8 Å². The number of carbonyl (C=O) groups excluding carboxylic acids is 2. The zero-order valence-corrected chi connectivity index (χ0v) is 13.9. The number of benzene rings is 1. The molecule has 0 spiro atoms. The summed E-state index contributed by atoms with van der Waals surface area (Å²) in [5, 5.41) is 3.41. The van der Waals surface area contributed by atoms with Crippen LogP contribution in [0.2, 0.25) is 0 Å². The molecule has 6 nitrogen and oxygen atoms in total. The summed E-state index contributed by atoms with van der Waals surface area (Å²) in [5.74, 6) is -0.373. The third-order valence-corrected chi connectivity index (χ3v) is 4.91. The monoisotopic (exact) mass is 336 g/mol. The van der Waals surface area contributed by atoms with E-state index in [2.05, 4.69) is 21.3 Å². The van der Waals surface area contributed by atoms with Crippen molar-refractivity contribution in [1.82, 2.24) is 20.1 Å². The first-order valence-corrected chi connectivity index (χ1v) is 8.55. The molecular formula is C19H20N4O2. The molecule has 1 atom stereocenters. The predicted octanol–water partition coefficient (Wildman–Crippen LogP) is 1.32. The van der Waals surface area contributed by atoms with Crippen molar-refractivity contribution in [2.75, 3.05) is 32.7 Å². The molecule has 4 rings (SSSR count). The Morgan fingerprint density at radius 3 is 2.48 bits per heavy atom. The Balaban J connectivity index is 1.47. The predicted molar refractivity (Wildman–Crippen MR) is 93.2 cm³/mol. The zero-order valence-electron chi connectivity index (χ0n) is 13.9. The van der Waals surface area contributed by atoms with Gasteiger partial charge in [0.2, 0.25) is 0 Å². The van der Waals surface area contributed by atoms with E-state index in [9.17, 15) is 9.59 Å². The molecule has 6 heteroatoms. The van der Waals surface area contributed by atoms with Crippen molar-refractivity contribution in [2.45, 2.75) is 6.04 Å². The summed E-state index contributed by atoms with van der Waals surface area (Å²) in [6, 6.07) is 11.2. The van der Waals surface area contributed by atoms with Crippen LogP contribution in [0.4, 0.5) is 0 Å². The van der Waals surface area contributed by atoms with Crippen LogP contribution in [0.5, 0.6) is 0 Å². The van der Waals surface area contributed by atoms with E-state index in [-0.39, 0.29) is 17.9 Å². The number of rotatable bonds is 4. The van der Waals surface area contributed by atoms with E-state index in [0.29, 0.717) is 24.2 Å². The standard InChI is InChI=1S/C19H20N4O2/c24-18-15-5-1-2-6-16(15)19(25)23(18)11-10-22-9-8-21-13-17(22)14-4-3-7-20-12-14/h1-7,12,17,21H,8-11,13H2. The van der Waals surface area contributed by atoms with Crippen LogP contribution < -0.4 is 5.32 Å². The van der Waals surface area contributed by atoms with E-state index in [4.69, 9.17) is 0 Å². The summed E-state index contributed by atoms with van der Waals surface area (Å²) in [6.45, 7) is 3.69. The van der Waals surface area contributed by atoms with Gasteiger partial charge in [0.1, 0.15) is 0 Å². The Kier molecular flexibility index (Phi) is 4.29. The molecule has 1 aromatic carbocycles. The molecular weight excluding hydrogens is 316 g/mol. The number of imide groups is 1. The highest BCUT2D eigenvalue weighted by Gasteiger charge is 2.35. The lowest BCUT2D eigenvalue weighted by atomic mass is 10.1. The minimum Gasteiger partial charge on any atom is -0.314 e. The fourth-order valence-corrected chi connectivity index (χ4v) is 3.59. The van der Waals surface area contributed by atoms with Crippen LogP contribution >= 0.6 is 0 Å². The van der Waals surface area contributed by atoms with Crippen molar-refractivity contribution < 1.29 is 9.59 Å². The first kappa shape index (κ1) is 15.9. The molecule has 0 radical (unpaired) electrons. The van der Waals surface area contributed by atoms with Crippen LogP contribution in [0.1, 0.15) is 32.3 Å². The van der Waals surface area contributed by atoms with Gasteiger partial charge in [-0.05, 0) is 23.8 Å². The Morgan fingerprint density at radius 1 is 1.04 bits per heavy atom. The van der Waals surface area contributed by atoms with E-state index < -0.39 is 0 Å². The Hall–Kier alpha value is -2.57.